The maximum Gasteiger partial charge on any atom is 0.418 e. The molecule has 0 aromatic heterocycles. The maximum atomic E-state index is 12.9. The van der Waals surface area contributed by atoms with Gasteiger partial charge in [-0.05, 0) is 42.5 Å². The number of anilines is 2. The Labute approximate surface area is 134 Å². The van der Waals surface area contributed by atoms with Gasteiger partial charge in [0.1, 0.15) is 5.82 Å². The van der Waals surface area contributed by atoms with Gasteiger partial charge in [-0.3, -0.25) is 0 Å². The quantitative estimate of drug-likeness (QED) is 0.568. The van der Waals surface area contributed by atoms with Crippen molar-refractivity contribution in [3.05, 3.63) is 58.9 Å². The van der Waals surface area contributed by atoms with Crippen molar-refractivity contribution in [2.75, 3.05) is 10.6 Å². The van der Waals surface area contributed by atoms with Crippen LogP contribution < -0.4 is 10.6 Å². The molecule has 0 unspecified atom stereocenters. The topological polar surface area (TPSA) is 24.1 Å². The zero-order valence-corrected chi connectivity index (χ0v) is 12.4. The van der Waals surface area contributed by atoms with Crippen molar-refractivity contribution >= 4 is 40.3 Å². The molecule has 0 saturated heterocycles. The predicted octanol–water partition coefficient (Wildman–Crippen LogP) is 5.31. The number of para-hydroxylation sites is 1. The standard InChI is InChI=1S/C14H9ClF4N2S/c15-10-7-8(16)5-6-12(10)21-13(22)20-11-4-2-1-3-9(11)14(17,18)19/h1-7H,(H2,20,21,22). The lowest BCUT2D eigenvalue weighted by Crippen LogP contribution is -2.21. The molecule has 0 fully saturated rings. The molecule has 0 aliphatic carbocycles. The van der Waals surface area contributed by atoms with Crippen LogP contribution in [0.3, 0.4) is 0 Å². The van der Waals surface area contributed by atoms with Crippen molar-refractivity contribution in [2.45, 2.75) is 6.18 Å². The Morgan fingerprint density at radius 2 is 1.64 bits per heavy atom. The van der Waals surface area contributed by atoms with Crippen molar-refractivity contribution in [3.63, 3.8) is 0 Å². The Hall–Kier alpha value is -1.86. The fourth-order valence-electron chi connectivity index (χ4n) is 1.71. The van der Waals surface area contributed by atoms with Gasteiger partial charge in [-0.15, -0.1) is 0 Å². The normalized spacial score (nSPS) is 11.1. The summed E-state index contributed by atoms with van der Waals surface area (Å²) in [5.74, 6) is -0.531. The van der Waals surface area contributed by atoms with Crippen LogP contribution in [-0.2, 0) is 6.18 Å². The molecule has 0 saturated carbocycles. The van der Waals surface area contributed by atoms with Crippen LogP contribution in [0.1, 0.15) is 5.56 Å². The molecule has 22 heavy (non-hydrogen) atoms. The Morgan fingerprint density at radius 3 is 2.27 bits per heavy atom. The smallest absolute Gasteiger partial charge is 0.332 e. The van der Waals surface area contributed by atoms with Crippen LogP contribution in [0.15, 0.2) is 42.5 Å². The van der Waals surface area contributed by atoms with Gasteiger partial charge in [0, 0.05) is 0 Å². The van der Waals surface area contributed by atoms with E-state index in [1.165, 1.54) is 24.3 Å². The van der Waals surface area contributed by atoms with Gasteiger partial charge < -0.3 is 10.6 Å². The second-order valence-electron chi connectivity index (χ2n) is 4.25. The lowest BCUT2D eigenvalue weighted by molar-refractivity contribution is -0.136. The van der Waals surface area contributed by atoms with Crippen molar-refractivity contribution < 1.29 is 17.6 Å². The fraction of sp³-hybridized carbons (Fsp3) is 0.0714. The summed E-state index contributed by atoms with van der Waals surface area (Å²) in [6.07, 6.45) is -4.51. The van der Waals surface area contributed by atoms with Crippen LogP contribution in [-0.4, -0.2) is 5.11 Å². The van der Waals surface area contributed by atoms with Crippen LogP contribution in [0.2, 0.25) is 5.02 Å². The van der Waals surface area contributed by atoms with E-state index in [2.05, 4.69) is 10.6 Å². The molecule has 0 heterocycles. The Bertz CT molecular complexity index is 703. The third kappa shape index (κ3) is 4.08. The van der Waals surface area contributed by atoms with Gasteiger partial charge in [-0.1, -0.05) is 23.7 Å². The van der Waals surface area contributed by atoms with Gasteiger partial charge in [-0.2, -0.15) is 13.2 Å². The number of benzene rings is 2. The summed E-state index contributed by atoms with van der Waals surface area (Å²) in [6.45, 7) is 0. The van der Waals surface area contributed by atoms with E-state index in [-0.39, 0.29) is 21.5 Å². The molecule has 0 bridgehead atoms. The molecule has 0 amide bonds. The Kier molecular flexibility index (Phi) is 4.87. The third-order valence-electron chi connectivity index (χ3n) is 2.66. The summed E-state index contributed by atoms with van der Waals surface area (Å²) in [7, 11) is 0. The van der Waals surface area contributed by atoms with E-state index in [9.17, 15) is 17.6 Å². The summed E-state index contributed by atoms with van der Waals surface area (Å²) in [4.78, 5) is 0. The van der Waals surface area contributed by atoms with E-state index in [0.717, 1.165) is 18.2 Å². The number of thiocarbonyl (C=S) groups is 1. The minimum absolute atomic E-state index is 0.0632. The molecule has 0 aliphatic rings. The van der Waals surface area contributed by atoms with Crippen LogP contribution in [0.4, 0.5) is 28.9 Å². The van der Waals surface area contributed by atoms with Gasteiger partial charge in [-0.25, -0.2) is 4.39 Å². The lowest BCUT2D eigenvalue weighted by Gasteiger charge is -2.16. The molecule has 2 rings (SSSR count). The highest BCUT2D eigenvalue weighted by Gasteiger charge is 2.33. The van der Waals surface area contributed by atoms with E-state index in [1.807, 2.05) is 0 Å². The monoisotopic (exact) mass is 348 g/mol. The molecule has 8 heteroatoms. The Morgan fingerprint density at radius 1 is 1.00 bits per heavy atom. The van der Waals surface area contributed by atoms with E-state index in [4.69, 9.17) is 23.8 Å². The lowest BCUT2D eigenvalue weighted by atomic mass is 10.1. The van der Waals surface area contributed by atoms with Gasteiger partial charge in [0.05, 0.1) is 22.0 Å². The first-order valence-electron chi connectivity index (χ1n) is 5.96. The Balaban J connectivity index is 2.16. The predicted molar refractivity (Wildman–Crippen MR) is 82.7 cm³/mol. The van der Waals surface area contributed by atoms with Crippen molar-refractivity contribution in [1.82, 2.24) is 0 Å². The fourth-order valence-corrected chi connectivity index (χ4v) is 2.14. The minimum Gasteiger partial charge on any atom is -0.332 e. The highest BCUT2D eigenvalue weighted by molar-refractivity contribution is 7.80. The molecular formula is C14H9ClF4N2S. The second-order valence-corrected chi connectivity index (χ2v) is 5.06. The minimum atomic E-state index is -4.51. The molecule has 2 N–H and O–H groups in total. The average molecular weight is 349 g/mol. The van der Waals surface area contributed by atoms with E-state index in [1.54, 1.807) is 0 Å². The SMILES string of the molecule is Fc1ccc(NC(=S)Nc2ccccc2C(F)(F)F)c(Cl)c1. The summed E-state index contributed by atoms with van der Waals surface area (Å²) < 4.78 is 51.5. The van der Waals surface area contributed by atoms with E-state index in [0.29, 0.717) is 0 Å². The molecule has 0 aliphatic heterocycles. The highest BCUT2D eigenvalue weighted by atomic mass is 35.5. The molecule has 2 aromatic rings. The first-order chi connectivity index (χ1) is 10.3. The number of alkyl halides is 3. The first kappa shape index (κ1) is 16.5. The summed E-state index contributed by atoms with van der Waals surface area (Å²) in [5, 5.41) is 5.05. The number of hydrogen-bond donors (Lipinski definition) is 2. The van der Waals surface area contributed by atoms with Crippen LogP contribution in [0.25, 0.3) is 0 Å². The van der Waals surface area contributed by atoms with Gasteiger partial charge >= 0.3 is 6.18 Å². The van der Waals surface area contributed by atoms with Crippen LogP contribution in [0, 0.1) is 5.82 Å². The van der Waals surface area contributed by atoms with Crippen molar-refractivity contribution in [3.8, 4) is 0 Å². The van der Waals surface area contributed by atoms with Gasteiger partial charge in [0.25, 0.3) is 0 Å². The second kappa shape index (κ2) is 6.50. The molecular weight excluding hydrogens is 340 g/mol. The average Bonchev–Trinajstić information content (AvgIpc) is 2.41. The summed E-state index contributed by atoms with van der Waals surface area (Å²) >= 11 is 10.8. The number of nitrogens with one attached hydrogen (secondary N) is 2. The highest BCUT2D eigenvalue weighted by Crippen LogP contribution is 2.34. The molecule has 0 spiro atoms. The zero-order valence-electron chi connectivity index (χ0n) is 10.8. The maximum absolute atomic E-state index is 12.9. The molecule has 0 radical (unpaired) electrons. The van der Waals surface area contributed by atoms with Gasteiger partial charge in [0.2, 0.25) is 0 Å². The van der Waals surface area contributed by atoms with Crippen LogP contribution >= 0.6 is 23.8 Å². The van der Waals surface area contributed by atoms with Gasteiger partial charge in [0.15, 0.2) is 5.11 Å². The molecule has 116 valence electrons. The molecule has 2 nitrogen and oxygen atoms in total. The molecule has 2 aromatic carbocycles. The van der Waals surface area contributed by atoms with Crippen molar-refractivity contribution in [1.29, 1.82) is 0 Å². The summed E-state index contributed by atoms with van der Waals surface area (Å²) in [6, 6.07) is 8.48. The largest absolute Gasteiger partial charge is 0.418 e. The summed E-state index contributed by atoms with van der Waals surface area (Å²) in [5.41, 5.74) is -0.750. The van der Waals surface area contributed by atoms with E-state index < -0.39 is 17.6 Å². The number of halogens is 5. The first-order valence-corrected chi connectivity index (χ1v) is 6.75. The van der Waals surface area contributed by atoms with Crippen molar-refractivity contribution in [2.24, 2.45) is 0 Å². The molecule has 0 atom stereocenters. The van der Waals surface area contributed by atoms with E-state index >= 15 is 0 Å². The van der Waals surface area contributed by atoms with Crippen LogP contribution in [0.5, 0.6) is 0 Å². The number of hydrogen-bond acceptors (Lipinski definition) is 1. The number of rotatable bonds is 2. The zero-order chi connectivity index (χ0) is 16.3. The third-order valence-corrected chi connectivity index (χ3v) is 3.18.